The minimum Gasteiger partial charge on any atom is -0.461 e. The van der Waals surface area contributed by atoms with Crippen LogP contribution in [0.3, 0.4) is 0 Å². The Kier molecular flexibility index (Phi) is 31.0. The van der Waals surface area contributed by atoms with Gasteiger partial charge in [-0.3, -0.25) is 9.59 Å². The van der Waals surface area contributed by atoms with Gasteiger partial charge in [0.1, 0.15) is 13.2 Å². The van der Waals surface area contributed by atoms with Crippen molar-refractivity contribution in [2.45, 2.75) is 142 Å². The number of hydrogen-bond donors (Lipinski definition) is 1. The van der Waals surface area contributed by atoms with Crippen LogP contribution in [0.4, 0.5) is 0 Å². The van der Waals surface area contributed by atoms with Crippen LogP contribution in [-0.2, 0) is 19.1 Å². The van der Waals surface area contributed by atoms with Gasteiger partial charge in [0, 0.05) is 32.5 Å². The Labute approximate surface area is 260 Å². The van der Waals surface area contributed by atoms with Gasteiger partial charge < -0.3 is 19.7 Å². The number of carbonyl (C=O) groups excluding carboxylic acids is 2. The highest BCUT2D eigenvalue weighted by Gasteiger charge is 2.12. The Morgan fingerprint density at radius 1 is 0.667 bits per heavy atom. The van der Waals surface area contributed by atoms with Crippen molar-refractivity contribution in [3.05, 3.63) is 24.3 Å². The molecule has 0 radical (unpaired) electrons. The van der Waals surface area contributed by atoms with Gasteiger partial charge in [0.2, 0.25) is 0 Å². The lowest BCUT2D eigenvalue weighted by molar-refractivity contribution is -0.143. The first-order chi connectivity index (χ1) is 20.5. The maximum absolute atomic E-state index is 11.9. The number of likely N-dealkylation sites (N-methyl/N-ethyl adjacent to an activating group) is 2. The van der Waals surface area contributed by atoms with Gasteiger partial charge in [0.25, 0.3) is 0 Å². The second-order valence-electron chi connectivity index (χ2n) is 11.9. The third-order valence-corrected chi connectivity index (χ3v) is 7.76. The van der Waals surface area contributed by atoms with Crippen LogP contribution in [0.2, 0.25) is 0 Å². The molecule has 0 spiro atoms. The van der Waals surface area contributed by atoms with Crippen molar-refractivity contribution in [3.8, 4) is 0 Å². The average Bonchev–Trinajstić information content (AvgIpc) is 2.98. The summed E-state index contributed by atoms with van der Waals surface area (Å²) in [6, 6.07) is 0. The predicted molar refractivity (Wildman–Crippen MR) is 179 cm³/mol. The Hall–Kier alpha value is -1.66. The van der Waals surface area contributed by atoms with Gasteiger partial charge in [0.15, 0.2) is 0 Å². The lowest BCUT2D eigenvalue weighted by Crippen LogP contribution is -2.31. The van der Waals surface area contributed by atoms with E-state index in [1.54, 1.807) is 0 Å². The number of allylic oxidation sites excluding steroid dienone is 2. The maximum atomic E-state index is 11.9. The van der Waals surface area contributed by atoms with E-state index in [4.69, 9.17) is 9.47 Å². The van der Waals surface area contributed by atoms with E-state index in [1.807, 2.05) is 19.2 Å². The van der Waals surface area contributed by atoms with Gasteiger partial charge in [-0.25, -0.2) is 0 Å². The fourth-order valence-corrected chi connectivity index (χ4v) is 5.07. The summed E-state index contributed by atoms with van der Waals surface area (Å²) < 4.78 is 10.6. The molecule has 246 valence electrons. The molecule has 0 amide bonds. The maximum Gasteiger partial charge on any atom is 0.306 e. The smallest absolute Gasteiger partial charge is 0.306 e. The van der Waals surface area contributed by atoms with E-state index in [9.17, 15) is 9.59 Å². The summed E-state index contributed by atoms with van der Waals surface area (Å²) in [5.74, 6) is 0.614. The molecule has 0 aromatic heterocycles. The van der Waals surface area contributed by atoms with Crippen molar-refractivity contribution in [1.82, 2.24) is 10.2 Å². The number of hydrogen-bond acceptors (Lipinski definition) is 6. The summed E-state index contributed by atoms with van der Waals surface area (Å²) in [6.07, 6.45) is 30.2. The van der Waals surface area contributed by atoms with Crippen LogP contribution in [-0.4, -0.2) is 63.8 Å². The second-order valence-corrected chi connectivity index (χ2v) is 11.9. The van der Waals surface area contributed by atoms with Crippen LogP contribution in [0.25, 0.3) is 0 Å². The third kappa shape index (κ3) is 29.8. The van der Waals surface area contributed by atoms with Gasteiger partial charge in [-0.15, -0.1) is 0 Å². The molecular weight excluding hydrogens is 524 g/mol. The first kappa shape index (κ1) is 40.3. The van der Waals surface area contributed by atoms with Crippen molar-refractivity contribution >= 4 is 11.9 Å². The normalized spacial score (nSPS) is 11.9. The molecule has 0 fully saturated rings. The summed E-state index contributed by atoms with van der Waals surface area (Å²) in [5, 5.41) is 3.26. The van der Waals surface area contributed by atoms with Gasteiger partial charge >= 0.3 is 11.9 Å². The minimum absolute atomic E-state index is 0.0645. The molecule has 0 saturated heterocycles. The first-order valence-electron chi connectivity index (χ1n) is 17.5. The number of rotatable bonds is 31. The molecule has 0 aliphatic heterocycles. The monoisotopic (exact) mass is 593 g/mol. The second kappa shape index (κ2) is 32.3. The third-order valence-electron chi connectivity index (χ3n) is 7.76. The van der Waals surface area contributed by atoms with Crippen LogP contribution in [0.1, 0.15) is 142 Å². The van der Waals surface area contributed by atoms with Crippen molar-refractivity contribution in [2.75, 3.05) is 46.9 Å². The van der Waals surface area contributed by atoms with Crippen LogP contribution in [0, 0.1) is 5.92 Å². The molecule has 0 rings (SSSR count). The molecule has 0 aliphatic rings. The van der Waals surface area contributed by atoms with Crippen molar-refractivity contribution in [2.24, 2.45) is 5.92 Å². The predicted octanol–water partition coefficient (Wildman–Crippen LogP) is 8.79. The molecule has 0 saturated carbocycles. The number of esters is 2. The number of ether oxygens (including phenoxy) is 2. The highest BCUT2D eigenvalue weighted by Crippen LogP contribution is 2.20. The topological polar surface area (TPSA) is 67.9 Å². The van der Waals surface area contributed by atoms with Crippen molar-refractivity contribution < 1.29 is 19.1 Å². The Balaban J connectivity index is 4.00. The number of nitrogens with one attached hydrogen (secondary N) is 1. The standard InChI is InChI=1S/C36H68N2O4/c1-5-7-9-17-23-31-41-35(39)27-21-15-11-13-19-25-34(33-38(4)30-29-37-3)26-20-14-12-16-22-28-36(40)42-32-24-18-10-8-6-2/h17-18,23-24,34,37H,5-16,19-22,25-33H2,1-4H3/b23-17+,24-18+. The molecule has 1 N–H and O–H groups in total. The molecule has 6 heteroatoms. The first-order valence-corrected chi connectivity index (χ1v) is 17.5. The molecule has 0 aliphatic carbocycles. The lowest BCUT2D eigenvalue weighted by atomic mass is 9.93. The largest absolute Gasteiger partial charge is 0.461 e. The summed E-state index contributed by atoms with van der Waals surface area (Å²) in [7, 11) is 4.26. The summed E-state index contributed by atoms with van der Waals surface area (Å²) >= 11 is 0. The van der Waals surface area contributed by atoms with E-state index in [0.717, 1.165) is 57.5 Å². The molecule has 0 aromatic carbocycles. The highest BCUT2D eigenvalue weighted by molar-refractivity contribution is 5.69. The van der Waals surface area contributed by atoms with Gasteiger partial charge in [0.05, 0.1) is 0 Å². The Bertz CT molecular complexity index is 617. The summed E-state index contributed by atoms with van der Waals surface area (Å²) in [4.78, 5) is 26.2. The highest BCUT2D eigenvalue weighted by atomic mass is 16.5. The molecular formula is C36H68N2O4. The van der Waals surface area contributed by atoms with E-state index in [-0.39, 0.29) is 11.9 Å². The molecule has 42 heavy (non-hydrogen) atoms. The average molecular weight is 593 g/mol. The van der Waals surface area contributed by atoms with Gasteiger partial charge in [-0.05, 0) is 58.5 Å². The number of unbranched alkanes of at least 4 members (excludes halogenated alkanes) is 12. The zero-order chi connectivity index (χ0) is 30.9. The Morgan fingerprint density at radius 2 is 1.12 bits per heavy atom. The van der Waals surface area contributed by atoms with Crippen LogP contribution >= 0.6 is 0 Å². The number of carbonyl (C=O) groups is 2. The van der Waals surface area contributed by atoms with E-state index in [1.165, 1.54) is 83.6 Å². The van der Waals surface area contributed by atoms with Crippen molar-refractivity contribution in [1.29, 1.82) is 0 Å². The molecule has 0 aromatic rings. The fraction of sp³-hybridized carbons (Fsp3) is 0.833. The minimum atomic E-state index is -0.0645. The SMILES string of the molecule is CCCC/C=C/COC(=O)CCCCCCCC(CCCCCCCC(=O)OC/C=C/CCCC)CN(C)CCNC. The van der Waals surface area contributed by atoms with Gasteiger partial charge in [-0.2, -0.15) is 0 Å². The van der Waals surface area contributed by atoms with Crippen LogP contribution in [0.15, 0.2) is 24.3 Å². The zero-order valence-electron chi connectivity index (χ0n) is 28.1. The Morgan fingerprint density at radius 3 is 1.57 bits per heavy atom. The molecule has 6 nitrogen and oxygen atoms in total. The summed E-state index contributed by atoms with van der Waals surface area (Å²) in [5.41, 5.74) is 0. The van der Waals surface area contributed by atoms with Crippen LogP contribution < -0.4 is 5.32 Å². The molecule has 0 heterocycles. The molecule has 0 atom stereocenters. The van der Waals surface area contributed by atoms with Gasteiger partial charge in [-0.1, -0.05) is 115 Å². The lowest BCUT2D eigenvalue weighted by Gasteiger charge is -2.24. The molecule has 0 unspecified atom stereocenters. The van der Waals surface area contributed by atoms with Crippen molar-refractivity contribution in [3.63, 3.8) is 0 Å². The molecule has 0 bridgehead atoms. The summed E-state index contributed by atoms with van der Waals surface area (Å²) in [6.45, 7) is 8.47. The van der Waals surface area contributed by atoms with Crippen LogP contribution in [0.5, 0.6) is 0 Å². The van der Waals surface area contributed by atoms with E-state index < -0.39 is 0 Å². The quantitative estimate of drug-likeness (QED) is 0.0493. The van der Waals surface area contributed by atoms with E-state index in [2.05, 4.69) is 43.3 Å². The van der Waals surface area contributed by atoms with E-state index in [0.29, 0.717) is 26.1 Å². The van der Waals surface area contributed by atoms with E-state index >= 15 is 0 Å². The number of nitrogens with zero attached hydrogens (tertiary/aromatic N) is 1. The zero-order valence-corrected chi connectivity index (χ0v) is 28.1. The fourth-order valence-electron chi connectivity index (χ4n) is 5.07.